The van der Waals surface area contributed by atoms with Crippen LogP contribution < -0.4 is 4.18 Å². The first kappa shape index (κ1) is 7.43. The summed E-state index contributed by atoms with van der Waals surface area (Å²) in [5.41, 5.74) is 0.920. The van der Waals surface area contributed by atoms with Crippen molar-refractivity contribution in [2.24, 2.45) is 0 Å². The molecule has 0 radical (unpaired) electrons. The number of hydrogen-bond donors (Lipinski definition) is 1. The molecule has 0 fully saturated rings. The van der Waals surface area contributed by atoms with Gasteiger partial charge < -0.3 is 4.18 Å². The fourth-order valence-corrected chi connectivity index (χ4v) is 1.22. The van der Waals surface area contributed by atoms with Crippen molar-refractivity contribution in [3.8, 4) is 5.75 Å². The lowest BCUT2D eigenvalue weighted by atomic mass is 10.2. The van der Waals surface area contributed by atoms with Crippen molar-refractivity contribution in [1.82, 2.24) is 4.98 Å². The molecule has 0 unspecified atom stereocenters. The summed E-state index contributed by atoms with van der Waals surface area (Å²) in [4.78, 5) is 4.18. The fourth-order valence-electron chi connectivity index (χ4n) is 1.10. The molecule has 60 valence electrons. The van der Waals surface area contributed by atoms with Crippen LogP contribution in [0.4, 0.5) is 0 Å². The lowest BCUT2D eigenvalue weighted by Gasteiger charge is -1.98. The summed E-state index contributed by atoms with van der Waals surface area (Å²) in [6, 6.07) is 9.57. The van der Waals surface area contributed by atoms with E-state index < -0.39 is 0 Å². The molecule has 2 nitrogen and oxygen atoms in total. The summed E-state index contributed by atoms with van der Waals surface area (Å²) in [5.74, 6) is 0.713. The normalized spacial score (nSPS) is 10.1. The average molecular weight is 177 g/mol. The molecular weight excluding hydrogens is 170 g/mol. The number of pyridine rings is 1. The number of thiol groups is 1. The second-order valence-corrected chi connectivity index (χ2v) is 2.63. The summed E-state index contributed by atoms with van der Waals surface area (Å²) in [6.45, 7) is 0. The van der Waals surface area contributed by atoms with E-state index in [9.17, 15) is 0 Å². The maximum atomic E-state index is 4.78. The van der Waals surface area contributed by atoms with E-state index in [4.69, 9.17) is 4.18 Å². The van der Waals surface area contributed by atoms with Gasteiger partial charge in [-0.3, -0.25) is 4.98 Å². The smallest absolute Gasteiger partial charge is 0.139 e. The fraction of sp³-hybridized carbons (Fsp3) is 0. The molecule has 1 aromatic carbocycles. The first-order valence-electron chi connectivity index (χ1n) is 3.56. The van der Waals surface area contributed by atoms with Crippen LogP contribution in [0.3, 0.4) is 0 Å². The molecule has 0 aliphatic rings. The minimum Gasteiger partial charge on any atom is -0.429 e. The van der Waals surface area contributed by atoms with Crippen LogP contribution in [0.2, 0.25) is 0 Å². The van der Waals surface area contributed by atoms with E-state index in [1.807, 2.05) is 30.3 Å². The first-order chi connectivity index (χ1) is 5.90. The summed E-state index contributed by atoms with van der Waals surface area (Å²) >= 11 is 3.71. The Morgan fingerprint density at radius 1 is 1.25 bits per heavy atom. The van der Waals surface area contributed by atoms with Gasteiger partial charge in [-0.2, -0.15) is 0 Å². The van der Waals surface area contributed by atoms with Crippen LogP contribution >= 0.6 is 12.9 Å². The van der Waals surface area contributed by atoms with Crippen molar-refractivity contribution >= 4 is 23.8 Å². The zero-order valence-electron chi connectivity index (χ0n) is 6.27. The molecule has 0 amide bonds. The number of nitrogens with zero attached hydrogens (tertiary/aromatic N) is 1. The Kier molecular flexibility index (Phi) is 1.87. The second kappa shape index (κ2) is 3.03. The zero-order valence-corrected chi connectivity index (χ0v) is 7.16. The Balaban J connectivity index is 2.67. The predicted molar refractivity (Wildman–Crippen MR) is 51.4 cm³/mol. The van der Waals surface area contributed by atoms with Gasteiger partial charge in [-0.15, -0.1) is 0 Å². The van der Waals surface area contributed by atoms with Crippen molar-refractivity contribution in [3.05, 3.63) is 36.5 Å². The average Bonchev–Trinajstić information content (AvgIpc) is 2.17. The highest BCUT2D eigenvalue weighted by Gasteiger charge is 1.95. The zero-order chi connectivity index (χ0) is 8.39. The first-order valence-corrected chi connectivity index (χ1v) is 3.93. The van der Waals surface area contributed by atoms with Gasteiger partial charge in [-0.25, -0.2) is 0 Å². The molecule has 0 spiro atoms. The Morgan fingerprint density at radius 3 is 3.00 bits per heavy atom. The van der Waals surface area contributed by atoms with Crippen molar-refractivity contribution in [2.45, 2.75) is 0 Å². The number of fused-ring (bicyclic) bond motifs is 1. The molecule has 3 heteroatoms. The minimum absolute atomic E-state index is 0.713. The SMILES string of the molecule is SOc1ccc2cccnc2c1. The van der Waals surface area contributed by atoms with Crippen molar-refractivity contribution in [1.29, 1.82) is 0 Å². The van der Waals surface area contributed by atoms with Crippen LogP contribution in [0.15, 0.2) is 36.5 Å². The van der Waals surface area contributed by atoms with Gasteiger partial charge in [-0.1, -0.05) is 6.07 Å². The van der Waals surface area contributed by atoms with Crippen molar-refractivity contribution in [2.75, 3.05) is 0 Å². The summed E-state index contributed by atoms with van der Waals surface area (Å²) in [6.07, 6.45) is 1.75. The van der Waals surface area contributed by atoms with Crippen LogP contribution in [0.1, 0.15) is 0 Å². The molecule has 12 heavy (non-hydrogen) atoms. The Hall–Kier alpha value is -1.22. The maximum Gasteiger partial charge on any atom is 0.139 e. The molecule has 0 atom stereocenters. The Morgan fingerprint density at radius 2 is 2.17 bits per heavy atom. The van der Waals surface area contributed by atoms with Crippen molar-refractivity contribution in [3.63, 3.8) is 0 Å². The van der Waals surface area contributed by atoms with Gasteiger partial charge in [0.1, 0.15) is 5.75 Å². The molecule has 0 aliphatic carbocycles. The van der Waals surface area contributed by atoms with E-state index in [2.05, 4.69) is 17.9 Å². The molecule has 0 aliphatic heterocycles. The quantitative estimate of drug-likeness (QED) is 0.534. The van der Waals surface area contributed by atoms with Gasteiger partial charge in [-0.05, 0) is 18.2 Å². The van der Waals surface area contributed by atoms with Gasteiger partial charge in [0.05, 0.1) is 5.52 Å². The third kappa shape index (κ3) is 1.23. The van der Waals surface area contributed by atoms with Gasteiger partial charge in [0, 0.05) is 30.6 Å². The molecule has 0 bridgehead atoms. The third-order valence-electron chi connectivity index (χ3n) is 1.68. The Bertz CT molecular complexity index is 402. The standard InChI is InChI=1S/C9H7NOS/c12-11-8-4-3-7-2-1-5-10-9(7)6-8/h1-6,12H. The lowest BCUT2D eigenvalue weighted by Crippen LogP contribution is -1.79. The second-order valence-electron chi connectivity index (χ2n) is 2.45. The summed E-state index contributed by atoms with van der Waals surface area (Å²) in [5, 5.41) is 1.10. The van der Waals surface area contributed by atoms with Gasteiger partial charge >= 0.3 is 0 Å². The molecule has 2 rings (SSSR count). The highest BCUT2D eigenvalue weighted by Crippen LogP contribution is 2.18. The van der Waals surface area contributed by atoms with E-state index in [0.29, 0.717) is 5.75 Å². The van der Waals surface area contributed by atoms with Gasteiger partial charge in [0.15, 0.2) is 0 Å². The monoisotopic (exact) mass is 177 g/mol. The van der Waals surface area contributed by atoms with E-state index >= 15 is 0 Å². The number of hydrogen-bond acceptors (Lipinski definition) is 3. The molecule has 0 saturated heterocycles. The van der Waals surface area contributed by atoms with Gasteiger partial charge in [0.25, 0.3) is 0 Å². The van der Waals surface area contributed by atoms with Crippen LogP contribution in [0, 0.1) is 0 Å². The minimum atomic E-state index is 0.713. The highest BCUT2D eigenvalue weighted by molar-refractivity contribution is 7.75. The summed E-state index contributed by atoms with van der Waals surface area (Å²) in [7, 11) is 0. The van der Waals surface area contributed by atoms with Crippen LogP contribution in [0.5, 0.6) is 5.75 Å². The number of rotatable bonds is 1. The van der Waals surface area contributed by atoms with Crippen LogP contribution in [0.25, 0.3) is 10.9 Å². The molecule has 2 aromatic rings. The highest BCUT2D eigenvalue weighted by atomic mass is 32.1. The lowest BCUT2D eigenvalue weighted by molar-refractivity contribution is 0.660. The van der Waals surface area contributed by atoms with E-state index in [-0.39, 0.29) is 0 Å². The molecule has 1 aromatic heterocycles. The largest absolute Gasteiger partial charge is 0.429 e. The number of benzene rings is 1. The van der Waals surface area contributed by atoms with Crippen molar-refractivity contribution < 1.29 is 4.18 Å². The molecular formula is C9H7NOS. The van der Waals surface area contributed by atoms with E-state index in [1.165, 1.54) is 0 Å². The predicted octanol–water partition coefficient (Wildman–Crippen LogP) is 2.46. The topological polar surface area (TPSA) is 22.1 Å². The van der Waals surface area contributed by atoms with E-state index in [0.717, 1.165) is 10.9 Å². The van der Waals surface area contributed by atoms with Gasteiger partial charge in [0.2, 0.25) is 0 Å². The molecule has 1 heterocycles. The van der Waals surface area contributed by atoms with Crippen LogP contribution in [-0.4, -0.2) is 4.98 Å². The Labute approximate surface area is 75.8 Å². The molecule has 0 N–H and O–H groups in total. The van der Waals surface area contributed by atoms with E-state index in [1.54, 1.807) is 6.20 Å². The summed E-state index contributed by atoms with van der Waals surface area (Å²) < 4.78 is 4.78. The molecule has 0 saturated carbocycles. The maximum absolute atomic E-state index is 4.78. The van der Waals surface area contributed by atoms with Crippen LogP contribution in [-0.2, 0) is 0 Å². The third-order valence-corrected chi connectivity index (χ3v) is 1.89. The number of aromatic nitrogens is 1.